The van der Waals surface area contributed by atoms with Gasteiger partial charge in [-0.15, -0.1) is 0 Å². The van der Waals surface area contributed by atoms with Gasteiger partial charge in [-0.2, -0.15) is 0 Å². The van der Waals surface area contributed by atoms with Gasteiger partial charge in [-0.25, -0.2) is 4.99 Å². The van der Waals surface area contributed by atoms with E-state index in [1.165, 1.54) is 0 Å². The number of benzene rings is 2. The summed E-state index contributed by atoms with van der Waals surface area (Å²) in [5.74, 6) is -0.233. The van der Waals surface area contributed by atoms with E-state index in [1.54, 1.807) is 19.2 Å². The monoisotopic (exact) mass is 373 g/mol. The number of aromatic nitrogens is 1. The Labute approximate surface area is 152 Å². The quantitative estimate of drug-likeness (QED) is 0.692. The minimum atomic E-state index is -0.233. The van der Waals surface area contributed by atoms with Crippen LogP contribution in [0.15, 0.2) is 41.4 Å². The van der Waals surface area contributed by atoms with Gasteiger partial charge >= 0.3 is 0 Å². The number of carbonyl (C=O) groups is 1. The molecule has 0 saturated heterocycles. The number of para-hydroxylation sites is 1. The lowest BCUT2D eigenvalue weighted by atomic mass is 10.0. The van der Waals surface area contributed by atoms with Crippen LogP contribution in [0.5, 0.6) is 0 Å². The molecule has 0 unspecified atom stereocenters. The highest BCUT2D eigenvalue weighted by Crippen LogP contribution is 2.33. The van der Waals surface area contributed by atoms with Gasteiger partial charge in [0.15, 0.2) is 0 Å². The summed E-state index contributed by atoms with van der Waals surface area (Å²) in [7, 11) is 1.54. The SMILES string of the molecule is CONc1c(C2=c3cc(Cl)c(Cl)cc3=NC(=O)C2)[nH]c2ccccc12. The molecule has 0 spiro atoms. The second-order valence-corrected chi connectivity index (χ2v) is 6.49. The lowest BCUT2D eigenvalue weighted by Gasteiger charge is -2.12. The van der Waals surface area contributed by atoms with Crippen molar-refractivity contribution in [1.29, 1.82) is 0 Å². The molecule has 25 heavy (non-hydrogen) atoms. The van der Waals surface area contributed by atoms with Gasteiger partial charge in [-0.3, -0.25) is 15.1 Å². The van der Waals surface area contributed by atoms with Gasteiger partial charge in [0.05, 0.1) is 40.3 Å². The molecule has 5 nitrogen and oxygen atoms in total. The minimum Gasteiger partial charge on any atom is -0.353 e. The van der Waals surface area contributed by atoms with Gasteiger partial charge in [0.25, 0.3) is 5.91 Å². The van der Waals surface area contributed by atoms with Gasteiger partial charge in [-0.1, -0.05) is 41.4 Å². The van der Waals surface area contributed by atoms with E-state index in [0.717, 1.165) is 33.1 Å². The molecule has 0 radical (unpaired) electrons. The van der Waals surface area contributed by atoms with Crippen LogP contribution < -0.4 is 16.1 Å². The number of halogens is 2. The number of hydrogen-bond acceptors (Lipinski definition) is 3. The highest BCUT2D eigenvalue weighted by molar-refractivity contribution is 6.41. The standard InChI is InChI=1S/C18H13Cl2N3O2/c1-25-23-18-9-4-2-3-5-14(9)22-17(18)11-7-16(24)21-15-8-13(20)12(19)6-10(11)15/h2-6,8,22-23H,7H2,1H3. The highest BCUT2D eigenvalue weighted by Gasteiger charge is 2.21. The normalized spacial score (nSPS) is 13.7. The van der Waals surface area contributed by atoms with Crippen molar-refractivity contribution in [3.05, 3.63) is 62.7 Å². The third-order valence-corrected chi connectivity index (χ3v) is 4.87. The molecular formula is C18H13Cl2N3O2. The molecule has 2 aromatic carbocycles. The Kier molecular flexibility index (Phi) is 4.00. The van der Waals surface area contributed by atoms with Crippen molar-refractivity contribution < 1.29 is 9.63 Å². The molecule has 3 aromatic rings. The van der Waals surface area contributed by atoms with Gasteiger partial charge in [-0.05, 0) is 23.8 Å². The molecule has 7 heteroatoms. The van der Waals surface area contributed by atoms with Crippen LogP contribution in [0.2, 0.25) is 10.0 Å². The number of nitrogens with zero attached hydrogens (tertiary/aromatic N) is 1. The molecule has 1 aliphatic rings. The van der Waals surface area contributed by atoms with Crippen molar-refractivity contribution in [1.82, 2.24) is 4.98 Å². The van der Waals surface area contributed by atoms with Gasteiger partial charge in [0.1, 0.15) is 0 Å². The Hall–Kier alpha value is -2.34. The van der Waals surface area contributed by atoms with Crippen molar-refractivity contribution in [3.63, 3.8) is 0 Å². The van der Waals surface area contributed by atoms with Gasteiger partial charge in [0, 0.05) is 16.1 Å². The maximum atomic E-state index is 12.2. The van der Waals surface area contributed by atoms with Crippen LogP contribution in [0, 0.1) is 0 Å². The van der Waals surface area contributed by atoms with Crippen LogP contribution in [0.25, 0.3) is 16.5 Å². The van der Waals surface area contributed by atoms with Crippen LogP contribution in [-0.2, 0) is 9.63 Å². The average Bonchev–Trinajstić information content (AvgIpc) is 2.95. The molecule has 0 saturated carbocycles. The Balaban J connectivity index is 2.11. The summed E-state index contributed by atoms with van der Waals surface area (Å²) in [6, 6.07) is 11.2. The summed E-state index contributed by atoms with van der Waals surface area (Å²) in [6.07, 6.45) is 0.163. The number of H-pyrrole nitrogens is 1. The summed E-state index contributed by atoms with van der Waals surface area (Å²) in [5.41, 5.74) is 6.18. The molecule has 1 aromatic heterocycles. The number of rotatable bonds is 3. The lowest BCUT2D eigenvalue weighted by Crippen LogP contribution is -2.33. The molecule has 0 aliphatic carbocycles. The van der Waals surface area contributed by atoms with Crippen molar-refractivity contribution in [3.8, 4) is 0 Å². The first-order chi connectivity index (χ1) is 12.1. The topological polar surface area (TPSA) is 66.5 Å². The van der Waals surface area contributed by atoms with Crippen molar-refractivity contribution in [2.75, 3.05) is 12.6 Å². The first-order valence-electron chi connectivity index (χ1n) is 7.58. The smallest absolute Gasteiger partial charge is 0.250 e. The summed E-state index contributed by atoms with van der Waals surface area (Å²) < 4.78 is 0. The number of fused-ring (bicyclic) bond motifs is 2. The number of nitrogens with one attached hydrogen (secondary N) is 2. The number of anilines is 1. The zero-order chi connectivity index (χ0) is 17.6. The summed E-state index contributed by atoms with van der Waals surface area (Å²) in [5, 5.41) is 3.04. The van der Waals surface area contributed by atoms with E-state index < -0.39 is 0 Å². The second-order valence-electron chi connectivity index (χ2n) is 5.67. The number of hydrogen-bond donors (Lipinski definition) is 2. The Morgan fingerprint density at radius 2 is 1.96 bits per heavy atom. The van der Waals surface area contributed by atoms with Crippen molar-refractivity contribution in [2.24, 2.45) is 4.99 Å². The lowest BCUT2D eigenvalue weighted by molar-refractivity contribution is -0.117. The molecule has 1 amide bonds. The van der Waals surface area contributed by atoms with Crippen LogP contribution >= 0.6 is 23.2 Å². The fourth-order valence-electron chi connectivity index (χ4n) is 3.09. The second kappa shape index (κ2) is 6.19. The summed E-state index contributed by atoms with van der Waals surface area (Å²) in [6.45, 7) is 0. The molecule has 2 heterocycles. The fourth-order valence-corrected chi connectivity index (χ4v) is 3.41. The summed E-state index contributed by atoms with van der Waals surface area (Å²) >= 11 is 12.3. The fraction of sp³-hybridized carbons (Fsp3) is 0.111. The van der Waals surface area contributed by atoms with Crippen molar-refractivity contribution in [2.45, 2.75) is 6.42 Å². The molecule has 0 atom stereocenters. The van der Waals surface area contributed by atoms with E-state index in [4.69, 9.17) is 28.0 Å². The summed E-state index contributed by atoms with van der Waals surface area (Å²) in [4.78, 5) is 24.8. The zero-order valence-electron chi connectivity index (χ0n) is 13.2. The van der Waals surface area contributed by atoms with E-state index in [0.29, 0.717) is 15.4 Å². The average molecular weight is 374 g/mol. The van der Waals surface area contributed by atoms with E-state index in [9.17, 15) is 4.79 Å². The maximum absolute atomic E-state index is 12.2. The molecule has 0 bridgehead atoms. The molecule has 126 valence electrons. The van der Waals surface area contributed by atoms with E-state index in [2.05, 4.69) is 15.5 Å². The van der Waals surface area contributed by atoms with Crippen LogP contribution in [0.3, 0.4) is 0 Å². The number of aromatic amines is 1. The zero-order valence-corrected chi connectivity index (χ0v) is 14.7. The molecule has 2 N–H and O–H groups in total. The number of amides is 1. The van der Waals surface area contributed by atoms with Crippen LogP contribution in [0.1, 0.15) is 12.1 Å². The Morgan fingerprint density at radius 3 is 2.76 bits per heavy atom. The van der Waals surface area contributed by atoms with E-state index in [1.807, 2.05) is 24.3 Å². The van der Waals surface area contributed by atoms with E-state index in [-0.39, 0.29) is 12.3 Å². The Morgan fingerprint density at radius 1 is 1.20 bits per heavy atom. The van der Waals surface area contributed by atoms with Crippen molar-refractivity contribution >= 4 is 51.3 Å². The minimum absolute atomic E-state index is 0.163. The number of carbonyl (C=O) groups excluding carboxylic acids is 1. The van der Waals surface area contributed by atoms with Crippen LogP contribution in [0.4, 0.5) is 5.69 Å². The van der Waals surface area contributed by atoms with E-state index >= 15 is 0 Å². The molecule has 1 aliphatic heterocycles. The first-order valence-corrected chi connectivity index (χ1v) is 8.34. The van der Waals surface area contributed by atoms with Crippen LogP contribution in [-0.4, -0.2) is 18.0 Å². The largest absolute Gasteiger partial charge is 0.353 e. The van der Waals surface area contributed by atoms with Gasteiger partial charge in [0.2, 0.25) is 0 Å². The first kappa shape index (κ1) is 16.1. The predicted molar refractivity (Wildman–Crippen MR) is 98.3 cm³/mol. The predicted octanol–water partition coefficient (Wildman–Crippen LogP) is 3.20. The Bertz CT molecular complexity index is 1140. The molecule has 0 fully saturated rings. The highest BCUT2D eigenvalue weighted by atomic mass is 35.5. The van der Waals surface area contributed by atoms with Gasteiger partial charge < -0.3 is 4.98 Å². The molecule has 4 rings (SSSR count). The molecular weight excluding hydrogens is 361 g/mol. The maximum Gasteiger partial charge on any atom is 0.250 e. The third-order valence-electron chi connectivity index (χ3n) is 4.15. The third kappa shape index (κ3) is 2.70.